The van der Waals surface area contributed by atoms with E-state index in [9.17, 15) is 24.3 Å². The number of fused-ring (bicyclic) bond motifs is 5. The van der Waals surface area contributed by atoms with E-state index in [1.807, 2.05) is 74.9 Å². The van der Waals surface area contributed by atoms with Crippen molar-refractivity contribution in [1.29, 1.82) is 0 Å². The first kappa shape index (κ1) is 51.2. The van der Waals surface area contributed by atoms with Crippen molar-refractivity contribution in [1.82, 2.24) is 50.0 Å². The van der Waals surface area contributed by atoms with E-state index in [4.69, 9.17) is 29.2 Å². The highest BCUT2D eigenvalue weighted by atomic mass is 32.1. The Hall–Kier alpha value is -7.26. The average Bonchev–Trinajstić information content (AvgIpc) is 4.14. The Morgan fingerprint density at radius 1 is 0.893 bits per heavy atom. The van der Waals surface area contributed by atoms with E-state index >= 15 is 4.39 Å². The van der Waals surface area contributed by atoms with Crippen LogP contribution in [0.1, 0.15) is 113 Å². The first-order chi connectivity index (χ1) is 36.1. The van der Waals surface area contributed by atoms with Gasteiger partial charge in [-0.15, -0.1) is 11.3 Å². The predicted molar refractivity (Wildman–Crippen MR) is 280 cm³/mol. The fourth-order valence-electron chi connectivity index (χ4n) is 10.7. The summed E-state index contributed by atoms with van der Waals surface area (Å²) in [5, 5.41) is 21.2. The average molecular weight is 1050 g/mol. The molecule has 6 aromatic rings. The number of alkyl carbamates (subject to hydrolysis) is 2. The van der Waals surface area contributed by atoms with Gasteiger partial charge >= 0.3 is 12.2 Å². The van der Waals surface area contributed by atoms with Gasteiger partial charge in [-0.25, -0.2) is 33.9 Å². The summed E-state index contributed by atoms with van der Waals surface area (Å²) in [6.07, 6.45) is 9.44. The molecule has 0 bridgehead atoms. The van der Waals surface area contributed by atoms with Crippen molar-refractivity contribution >= 4 is 52.2 Å². The van der Waals surface area contributed by atoms with Gasteiger partial charge in [0.25, 0.3) is 5.91 Å². The third-order valence-corrected chi connectivity index (χ3v) is 16.0. The third kappa shape index (κ3) is 10.2. The van der Waals surface area contributed by atoms with Crippen molar-refractivity contribution in [2.75, 3.05) is 38.9 Å². The lowest BCUT2D eigenvalue weighted by atomic mass is 9.87. The second-order valence-corrected chi connectivity index (χ2v) is 21.5. The molecule has 75 heavy (non-hydrogen) atoms. The standard InChI is InChI=1S/C54H64FN11O8S/c1-8-29(4)19-35(20-30(5)67)46(62-54(71)73-7)50(69)64-17-10-18-65(64)52-58-26-37(60-52)32-14-15-39-34(21-32)23-41-44-36(55)22-33(24-42(44)74-51(66(39)41)43-27-57-48(75-43)31-12-13-31)38-25-56-47(59-38)40-11-9-16-63(40)49(68)45(28(2)3)61-53(70)72-6/h8,14-15,21-28,30-31,35,40,45-46,51,67H,9-13,16-20H2,1-7H3,(H,56,59)(H,58,60)(H,61,70)(H,62,71)/b29-8-/t30-,35?,40-,45?,46?,51?/m0/s1. The Labute approximate surface area is 437 Å². The molecule has 3 fully saturated rings. The molecule has 19 nitrogen and oxygen atoms in total. The number of aromatic amines is 2. The highest BCUT2D eigenvalue weighted by Gasteiger charge is 2.41. The normalized spacial score (nSPS) is 19.1. The van der Waals surface area contributed by atoms with Crippen molar-refractivity contribution in [2.45, 2.75) is 116 Å². The van der Waals surface area contributed by atoms with Gasteiger partial charge in [0.2, 0.25) is 18.1 Å². The lowest BCUT2D eigenvalue weighted by molar-refractivity contribution is -0.136. The number of imidazole rings is 2. The molecule has 4 amide bonds. The molecule has 0 spiro atoms. The van der Waals surface area contributed by atoms with E-state index in [0.717, 1.165) is 51.2 Å². The maximum absolute atomic E-state index is 17.0. The molecule has 2 aromatic carbocycles. The van der Waals surface area contributed by atoms with E-state index in [1.165, 1.54) is 20.3 Å². The SMILES string of the molecule is C/C=C(/C)CC(C[C@H](C)O)C(NC(=O)OC)C(=O)N1CCCN1c1ncc(-c2ccc3c(c2)cc2n3C(c3cnc(C4CC4)s3)Oc3cc(-c4cnc([C@@H]5CCCN5C(=O)C(NC(=O)OC)C(C)C)[nH]4)cc(F)c3-2)[nH]1. The van der Waals surface area contributed by atoms with Gasteiger partial charge in [0.1, 0.15) is 29.5 Å². The van der Waals surface area contributed by atoms with Crippen LogP contribution in [0.5, 0.6) is 5.75 Å². The Morgan fingerprint density at radius 3 is 2.36 bits per heavy atom. The number of nitrogens with one attached hydrogen (secondary N) is 4. The second-order valence-electron chi connectivity index (χ2n) is 20.4. The fraction of sp³-hybridized carbons (Fsp3) is 0.463. The largest absolute Gasteiger partial charge is 0.464 e. The highest BCUT2D eigenvalue weighted by molar-refractivity contribution is 7.11. The Morgan fingerprint density at radius 2 is 1.64 bits per heavy atom. The van der Waals surface area contributed by atoms with Crippen molar-refractivity contribution in [3.63, 3.8) is 0 Å². The minimum Gasteiger partial charge on any atom is -0.464 e. The van der Waals surface area contributed by atoms with Crippen molar-refractivity contribution in [3.8, 4) is 39.5 Å². The number of carbonyl (C=O) groups is 4. The van der Waals surface area contributed by atoms with Crippen LogP contribution >= 0.6 is 11.3 Å². The lowest BCUT2D eigenvalue weighted by Crippen LogP contribution is -2.55. The number of carbonyl (C=O) groups excluding carboxylic acids is 4. The van der Waals surface area contributed by atoms with Crippen LogP contribution in [-0.4, -0.2) is 121 Å². The van der Waals surface area contributed by atoms with Gasteiger partial charge in [-0.2, -0.15) is 0 Å². The number of hydrogen-bond donors (Lipinski definition) is 5. The summed E-state index contributed by atoms with van der Waals surface area (Å²) in [5.41, 5.74) is 5.37. The number of hydrogen-bond acceptors (Lipinski definition) is 13. The molecule has 10 rings (SSSR count). The number of aromatic nitrogens is 6. The third-order valence-electron chi connectivity index (χ3n) is 14.8. The summed E-state index contributed by atoms with van der Waals surface area (Å²) >= 11 is 1.61. The number of halogens is 1. The van der Waals surface area contributed by atoms with Gasteiger partial charge in [0.15, 0.2) is 0 Å². The molecule has 21 heteroatoms. The number of benzene rings is 2. The molecule has 3 aliphatic heterocycles. The van der Waals surface area contributed by atoms with E-state index in [0.29, 0.717) is 90.5 Å². The van der Waals surface area contributed by atoms with Crippen LogP contribution < -0.4 is 20.4 Å². The fourth-order valence-corrected chi connectivity index (χ4v) is 11.9. The van der Waals surface area contributed by atoms with Crippen LogP contribution in [0.15, 0.2) is 66.6 Å². The Kier molecular flexibility index (Phi) is 14.5. The van der Waals surface area contributed by atoms with Gasteiger partial charge in [-0.1, -0.05) is 31.6 Å². The first-order valence-corrected chi connectivity index (χ1v) is 26.6. The van der Waals surface area contributed by atoms with Crippen LogP contribution in [0.3, 0.4) is 0 Å². The number of aliphatic hydroxyl groups excluding tert-OH is 1. The quantitative estimate of drug-likeness (QED) is 0.0573. The van der Waals surface area contributed by atoms with Crippen LogP contribution in [0, 0.1) is 17.7 Å². The zero-order chi connectivity index (χ0) is 52.8. The summed E-state index contributed by atoms with van der Waals surface area (Å²) < 4.78 is 35.7. The number of hydrazine groups is 1. The topological polar surface area (TPSA) is 225 Å². The minimum atomic E-state index is -0.979. The summed E-state index contributed by atoms with van der Waals surface area (Å²) in [6, 6.07) is 9.13. The number of nitrogens with zero attached hydrogens (tertiary/aromatic N) is 7. The number of aliphatic hydroxyl groups is 1. The molecule has 0 radical (unpaired) electrons. The van der Waals surface area contributed by atoms with E-state index < -0.39 is 48.3 Å². The summed E-state index contributed by atoms with van der Waals surface area (Å²) in [4.78, 5) is 76.9. The predicted octanol–water partition coefficient (Wildman–Crippen LogP) is 8.97. The van der Waals surface area contributed by atoms with Crippen LogP contribution in [0.4, 0.5) is 19.9 Å². The van der Waals surface area contributed by atoms with Gasteiger partial charge in [0, 0.05) is 48.3 Å². The second kappa shape index (κ2) is 21.2. The van der Waals surface area contributed by atoms with E-state index in [2.05, 4.69) is 20.6 Å². The monoisotopic (exact) mass is 1050 g/mol. The summed E-state index contributed by atoms with van der Waals surface area (Å²) in [5.74, 6) is 0.149. The molecule has 5 N–H and O–H groups in total. The lowest BCUT2D eigenvalue weighted by Gasteiger charge is -2.34. The molecule has 1 aliphatic carbocycles. The Bertz CT molecular complexity index is 3160. The molecule has 4 aliphatic rings. The van der Waals surface area contributed by atoms with Gasteiger partial charge < -0.3 is 44.8 Å². The zero-order valence-electron chi connectivity index (χ0n) is 43.2. The first-order valence-electron chi connectivity index (χ1n) is 25.7. The molecule has 4 unspecified atom stereocenters. The number of H-pyrrole nitrogens is 2. The molecule has 6 atom stereocenters. The van der Waals surface area contributed by atoms with Crippen molar-refractivity contribution in [2.24, 2.45) is 11.8 Å². The summed E-state index contributed by atoms with van der Waals surface area (Å²) in [7, 11) is 2.52. The van der Waals surface area contributed by atoms with Gasteiger partial charge in [-0.05, 0) is 108 Å². The Balaban J connectivity index is 0.953. The van der Waals surface area contributed by atoms with Gasteiger partial charge in [-0.3, -0.25) is 19.2 Å². The van der Waals surface area contributed by atoms with Crippen molar-refractivity contribution in [3.05, 3.63) is 88.2 Å². The molecular weight excluding hydrogens is 982 g/mol. The van der Waals surface area contributed by atoms with Crippen LogP contribution in [0.25, 0.3) is 44.7 Å². The molecular formula is C54H64FN11O8S. The zero-order valence-corrected chi connectivity index (χ0v) is 44.0. The molecule has 7 heterocycles. The van der Waals surface area contributed by atoms with Crippen LogP contribution in [0.2, 0.25) is 0 Å². The highest BCUT2D eigenvalue weighted by Crippen LogP contribution is 2.50. The number of methoxy groups -OCH3 is 2. The maximum Gasteiger partial charge on any atom is 0.407 e. The molecule has 1 saturated carbocycles. The van der Waals surface area contributed by atoms with Gasteiger partial charge in [0.05, 0.1) is 76.8 Å². The van der Waals surface area contributed by atoms with Crippen molar-refractivity contribution < 1.29 is 42.9 Å². The number of amides is 4. The number of rotatable bonds is 16. The smallest absolute Gasteiger partial charge is 0.407 e. The molecule has 2 saturated heterocycles. The summed E-state index contributed by atoms with van der Waals surface area (Å²) in [6.45, 7) is 10.7. The van der Waals surface area contributed by atoms with E-state index in [1.54, 1.807) is 45.6 Å². The van der Waals surface area contributed by atoms with E-state index in [-0.39, 0.29) is 30.2 Å². The maximum atomic E-state index is 17.0. The molecule has 4 aromatic heterocycles. The number of anilines is 1. The van der Waals surface area contributed by atoms with Crippen LogP contribution in [-0.2, 0) is 19.1 Å². The minimum absolute atomic E-state index is 0.186. The number of likely N-dealkylation sites (tertiary alicyclic amines) is 1. The number of allylic oxidation sites excluding steroid dienone is 2. The molecule has 396 valence electrons. The number of thiazole rings is 1. The number of ether oxygens (including phenoxy) is 3.